The molecule has 1 atom stereocenters. The van der Waals surface area contributed by atoms with E-state index < -0.39 is 0 Å². The standard InChI is InChI=1S/C14H25N3OS2/c1-12(20-3)11-17-14(16-8-10-19-2)15-7-6-13-5-4-9-18-13/h4-5,9,12H,6-8,10-11H2,1-3H3,(H2,15,16,17). The summed E-state index contributed by atoms with van der Waals surface area (Å²) in [5.41, 5.74) is 0. The minimum absolute atomic E-state index is 0.541. The average Bonchev–Trinajstić information content (AvgIpc) is 2.97. The van der Waals surface area contributed by atoms with Gasteiger partial charge in [-0.15, -0.1) is 0 Å². The summed E-state index contributed by atoms with van der Waals surface area (Å²) in [6.07, 6.45) is 6.81. The van der Waals surface area contributed by atoms with Crippen LogP contribution >= 0.6 is 23.5 Å². The highest BCUT2D eigenvalue weighted by molar-refractivity contribution is 7.99. The van der Waals surface area contributed by atoms with Crippen molar-refractivity contribution in [2.75, 3.05) is 37.9 Å². The molecule has 1 unspecified atom stereocenters. The lowest BCUT2D eigenvalue weighted by molar-refractivity contribution is 0.507. The first kappa shape index (κ1) is 17.3. The van der Waals surface area contributed by atoms with Crippen LogP contribution in [-0.4, -0.2) is 49.1 Å². The van der Waals surface area contributed by atoms with Gasteiger partial charge in [0.15, 0.2) is 5.96 Å². The van der Waals surface area contributed by atoms with Crippen molar-refractivity contribution in [3.8, 4) is 0 Å². The molecule has 2 N–H and O–H groups in total. The third-order valence-electron chi connectivity index (χ3n) is 2.75. The Hall–Kier alpha value is -0.750. The molecule has 6 heteroatoms. The van der Waals surface area contributed by atoms with Gasteiger partial charge in [-0.25, -0.2) is 0 Å². The first-order chi connectivity index (χ1) is 9.76. The SMILES string of the molecule is CSCCNC(=NCC(C)SC)NCCc1ccco1. The van der Waals surface area contributed by atoms with E-state index in [0.29, 0.717) is 5.25 Å². The maximum absolute atomic E-state index is 5.32. The number of rotatable bonds is 9. The lowest BCUT2D eigenvalue weighted by Gasteiger charge is -2.13. The van der Waals surface area contributed by atoms with Gasteiger partial charge in [0.05, 0.1) is 12.8 Å². The van der Waals surface area contributed by atoms with Crippen LogP contribution in [0.5, 0.6) is 0 Å². The predicted octanol–water partition coefficient (Wildman–Crippen LogP) is 2.47. The smallest absolute Gasteiger partial charge is 0.191 e. The summed E-state index contributed by atoms with van der Waals surface area (Å²) >= 11 is 3.67. The maximum atomic E-state index is 5.32. The highest BCUT2D eigenvalue weighted by Crippen LogP contribution is 2.04. The van der Waals surface area contributed by atoms with Gasteiger partial charge >= 0.3 is 0 Å². The summed E-state index contributed by atoms with van der Waals surface area (Å²) in [5.74, 6) is 2.97. The van der Waals surface area contributed by atoms with Crippen molar-refractivity contribution < 1.29 is 4.42 Å². The number of nitrogens with zero attached hydrogens (tertiary/aromatic N) is 1. The molecule has 1 aromatic heterocycles. The molecule has 1 heterocycles. The van der Waals surface area contributed by atoms with Crippen LogP contribution in [-0.2, 0) is 6.42 Å². The Morgan fingerprint density at radius 1 is 1.35 bits per heavy atom. The van der Waals surface area contributed by atoms with E-state index in [2.05, 4.69) is 35.1 Å². The van der Waals surface area contributed by atoms with Crippen molar-refractivity contribution in [2.24, 2.45) is 4.99 Å². The summed E-state index contributed by atoms with van der Waals surface area (Å²) in [6.45, 7) is 4.78. The fourth-order valence-corrected chi connectivity index (χ4v) is 2.03. The Morgan fingerprint density at radius 3 is 2.80 bits per heavy atom. The quantitative estimate of drug-likeness (QED) is 0.416. The van der Waals surface area contributed by atoms with Gasteiger partial charge in [0.1, 0.15) is 5.76 Å². The minimum atomic E-state index is 0.541. The van der Waals surface area contributed by atoms with E-state index in [0.717, 1.165) is 43.5 Å². The first-order valence-corrected chi connectivity index (χ1v) is 9.50. The van der Waals surface area contributed by atoms with Crippen LogP contribution in [0.15, 0.2) is 27.8 Å². The van der Waals surface area contributed by atoms with Gasteiger partial charge in [-0.05, 0) is 24.6 Å². The van der Waals surface area contributed by atoms with Crippen LogP contribution in [0.4, 0.5) is 0 Å². The van der Waals surface area contributed by atoms with Crippen molar-refractivity contribution in [2.45, 2.75) is 18.6 Å². The summed E-state index contributed by atoms with van der Waals surface area (Å²) in [6, 6.07) is 3.91. The van der Waals surface area contributed by atoms with Crippen molar-refractivity contribution in [1.29, 1.82) is 0 Å². The number of hydrogen-bond acceptors (Lipinski definition) is 4. The molecule has 0 aliphatic carbocycles. The van der Waals surface area contributed by atoms with Gasteiger partial charge in [0, 0.05) is 30.5 Å². The fraction of sp³-hybridized carbons (Fsp3) is 0.643. The molecule has 0 saturated heterocycles. The topological polar surface area (TPSA) is 49.6 Å². The summed E-state index contributed by atoms with van der Waals surface area (Å²) in [4.78, 5) is 4.62. The summed E-state index contributed by atoms with van der Waals surface area (Å²) in [7, 11) is 0. The molecule has 1 aromatic rings. The van der Waals surface area contributed by atoms with Crippen LogP contribution in [0.25, 0.3) is 0 Å². The van der Waals surface area contributed by atoms with Crippen LogP contribution < -0.4 is 10.6 Å². The van der Waals surface area contributed by atoms with E-state index in [4.69, 9.17) is 4.42 Å². The normalized spacial score (nSPS) is 13.2. The Morgan fingerprint density at radius 2 is 2.15 bits per heavy atom. The number of furan rings is 1. The monoisotopic (exact) mass is 315 g/mol. The van der Waals surface area contributed by atoms with E-state index in [1.54, 1.807) is 6.26 Å². The van der Waals surface area contributed by atoms with Crippen LogP contribution in [0.2, 0.25) is 0 Å². The van der Waals surface area contributed by atoms with Gasteiger partial charge in [0.25, 0.3) is 0 Å². The molecule has 0 saturated carbocycles. The lowest BCUT2D eigenvalue weighted by Crippen LogP contribution is -2.39. The third kappa shape index (κ3) is 7.75. The van der Waals surface area contributed by atoms with Gasteiger partial charge in [-0.1, -0.05) is 6.92 Å². The number of guanidine groups is 1. The van der Waals surface area contributed by atoms with Crippen molar-refractivity contribution in [3.63, 3.8) is 0 Å². The second-order valence-corrected chi connectivity index (χ2v) is 6.67. The van der Waals surface area contributed by atoms with E-state index in [-0.39, 0.29) is 0 Å². The van der Waals surface area contributed by atoms with E-state index in [9.17, 15) is 0 Å². The third-order valence-corrected chi connectivity index (χ3v) is 4.32. The maximum Gasteiger partial charge on any atom is 0.191 e. The molecule has 0 aliphatic rings. The molecule has 0 aliphatic heterocycles. The lowest BCUT2D eigenvalue weighted by atomic mass is 10.3. The average molecular weight is 316 g/mol. The number of thioether (sulfide) groups is 2. The van der Waals surface area contributed by atoms with Gasteiger partial charge in [-0.3, -0.25) is 4.99 Å². The Kier molecular flexibility index (Phi) is 9.49. The minimum Gasteiger partial charge on any atom is -0.469 e. The molecule has 4 nitrogen and oxygen atoms in total. The molecule has 20 heavy (non-hydrogen) atoms. The van der Waals surface area contributed by atoms with E-state index >= 15 is 0 Å². The first-order valence-electron chi connectivity index (χ1n) is 6.82. The van der Waals surface area contributed by atoms with Crippen LogP contribution in [0.1, 0.15) is 12.7 Å². The number of hydrogen-bond donors (Lipinski definition) is 2. The number of aliphatic imine (C=N–C) groups is 1. The van der Waals surface area contributed by atoms with Gasteiger partial charge in [-0.2, -0.15) is 23.5 Å². The van der Waals surface area contributed by atoms with Crippen molar-refractivity contribution in [3.05, 3.63) is 24.2 Å². The molecule has 0 fully saturated rings. The summed E-state index contributed by atoms with van der Waals surface area (Å²) in [5, 5.41) is 7.26. The van der Waals surface area contributed by atoms with Crippen molar-refractivity contribution >= 4 is 29.5 Å². The highest BCUT2D eigenvalue weighted by atomic mass is 32.2. The van der Waals surface area contributed by atoms with Gasteiger partial charge < -0.3 is 15.1 Å². The largest absolute Gasteiger partial charge is 0.469 e. The second kappa shape index (κ2) is 11.0. The zero-order chi connectivity index (χ0) is 14.6. The second-order valence-electron chi connectivity index (χ2n) is 4.41. The number of nitrogens with one attached hydrogen (secondary N) is 2. The highest BCUT2D eigenvalue weighted by Gasteiger charge is 2.02. The molecule has 0 aromatic carbocycles. The zero-order valence-electron chi connectivity index (χ0n) is 12.5. The Bertz CT molecular complexity index is 369. The molecule has 114 valence electrons. The van der Waals surface area contributed by atoms with E-state index in [1.165, 1.54) is 0 Å². The molecular formula is C14H25N3OS2. The predicted molar refractivity (Wildman–Crippen MR) is 92.1 cm³/mol. The molecular weight excluding hydrogens is 290 g/mol. The van der Waals surface area contributed by atoms with Gasteiger partial charge in [0.2, 0.25) is 0 Å². The zero-order valence-corrected chi connectivity index (χ0v) is 14.1. The van der Waals surface area contributed by atoms with Crippen LogP contribution in [0.3, 0.4) is 0 Å². The fourth-order valence-electron chi connectivity index (χ4n) is 1.50. The van der Waals surface area contributed by atoms with Crippen LogP contribution in [0, 0.1) is 0 Å². The molecule has 0 bridgehead atoms. The molecule has 0 radical (unpaired) electrons. The Balaban J connectivity index is 2.35. The van der Waals surface area contributed by atoms with Crippen molar-refractivity contribution in [1.82, 2.24) is 10.6 Å². The molecule has 0 spiro atoms. The Labute approximate surface area is 130 Å². The molecule has 1 rings (SSSR count). The molecule has 0 amide bonds. The summed E-state index contributed by atoms with van der Waals surface area (Å²) < 4.78 is 5.32. The van der Waals surface area contributed by atoms with E-state index in [1.807, 2.05) is 35.7 Å².